The Morgan fingerprint density at radius 2 is 1.69 bits per heavy atom. The molecule has 1 amide bonds. The van der Waals surface area contributed by atoms with Crippen LogP contribution in [0.5, 0.6) is 0 Å². The third-order valence-electron chi connectivity index (χ3n) is 4.53. The maximum absolute atomic E-state index is 12.3. The lowest BCUT2D eigenvalue weighted by Gasteiger charge is -2.05. The minimum atomic E-state index is -3.54. The van der Waals surface area contributed by atoms with Crippen molar-refractivity contribution in [3.05, 3.63) is 70.6 Å². The molecule has 2 aromatic carbocycles. The molecular formula is C21H23N3O4S. The largest absolute Gasteiger partial charge is 0.407 e. The summed E-state index contributed by atoms with van der Waals surface area (Å²) in [6.07, 6.45) is 0.252. The van der Waals surface area contributed by atoms with Crippen molar-refractivity contribution in [3.8, 4) is 0 Å². The second-order valence-corrected chi connectivity index (χ2v) is 9.15. The Morgan fingerprint density at radius 1 is 1.00 bits per heavy atom. The molecule has 0 bridgehead atoms. The fourth-order valence-corrected chi connectivity index (χ4v) is 4.10. The van der Waals surface area contributed by atoms with Gasteiger partial charge in [-0.25, -0.2) is 8.42 Å². The summed E-state index contributed by atoms with van der Waals surface area (Å²) < 4.78 is 30.1. The van der Waals surface area contributed by atoms with E-state index < -0.39 is 15.7 Å². The molecule has 0 aliphatic heterocycles. The number of benzene rings is 2. The molecule has 3 aromatic rings. The lowest BCUT2D eigenvalue weighted by molar-refractivity contribution is -0.116. The summed E-state index contributed by atoms with van der Waals surface area (Å²) in [6, 6.07) is 12.6. The van der Waals surface area contributed by atoms with Gasteiger partial charge in [-0.2, -0.15) is 0 Å². The third kappa shape index (κ3) is 5.51. The number of nitrogens with one attached hydrogen (secondary N) is 1. The van der Waals surface area contributed by atoms with E-state index in [1.54, 1.807) is 24.3 Å². The topological polar surface area (TPSA) is 102 Å². The molecule has 0 saturated carbocycles. The van der Waals surface area contributed by atoms with E-state index in [2.05, 4.69) is 21.6 Å². The lowest BCUT2D eigenvalue weighted by Crippen LogP contribution is -2.17. The number of anilines is 1. The average molecular weight is 413 g/mol. The molecule has 0 spiro atoms. The number of rotatable bonds is 7. The van der Waals surface area contributed by atoms with Crippen LogP contribution < -0.4 is 5.32 Å². The van der Waals surface area contributed by atoms with Crippen LogP contribution in [-0.2, 0) is 21.1 Å². The van der Waals surface area contributed by atoms with Crippen molar-refractivity contribution in [2.45, 2.75) is 38.5 Å². The molecule has 0 atom stereocenters. The molecule has 1 aromatic heterocycles. The van der Waals surface area contributed by atoms with Crippen LogP contribution in [0.15, 0.2) is 51.8 Å². The zero-order valence-corrected chi connectivity index (χ0v) is 17.4. The minimum absolute atomic E-state index is 0.0394. The van der Waals surface area contributed by atoms with E-state index in [-0.39, 0.29) is 23.1 Å². The number of nitrogens with zero attached hydrogens (tertiary/aromatic N) is 2. The predicted octanol–water partition coefficient (Wildman–Crippen LogP) is 3.39. The van der Waals surface area contributed by atoms with Crippen LogP contribution in [0.2, 0.25) is 0 Å². The van der Waals surface area contributed by atoms with Gasteiger partial charge in [-0.3, -0.25) is 10.1 Å². The van der Waals surface area contributed by atoms with E-state index in [9.17, 15) is 13.2 Å². The van der Waals surface area contributed by atoms with E-state index >= 15 is 0 Å². The molecular weight excluding hydrogens is 390 g/mol. The van der Waals surface area contributed by atoms with Crippen molar-refractivity contribution in [3.63, 3.8) is 0 Å². The Kier molecular flexibility index (Phi) is 6.12. The second-order valence-electron chi connectivity index (χ2n) is 7.04. The summed E-state index contributed by atoms with van der Waals surface area (Å²) in [4.78, 5) is 12.3. The Bertz CT molecular complexity index is 1120. The number of hydrogen-bond acceptors (Lipinski definition) is 6. The highest BCUT2D eigenvalue weighted by molar-refractivity contribution is 7.91. The van der Waals surface area contributed by atoms with Gasteiger partial charge in [0, 0.05) is 6.42 Å². The van der Waals surface area contributed by atoms with Gasteiger partial charge in [0.05, 0.1) is 17.1 Å². The number of amides is 1. The standard InChI is InChI=1S/C21H23N3O4S/c1-14-5-8-18(9-6-14)29(26,27)11-10-19(25)22-21-24-23-20(28-21)13-17-7-4-15(2)12-16(17)3/h4-9,12H,10-11,13H2,1-3H3,(H,22,24,25). The molecule has 0 unspecified atom stereocenters. The first-order valence-electron chi connectivity index (χ1n) is 9.21. The lowest BCUT2D eigenvalue weighted by atomic mass is 10.0. The van der Waals surface area contributed by atoms with E-state index in [4.69, 9.17) is 4.42 Å². The first-order valence-corrected chi connectivity index (χ1v) is 10.9. The summed E-state index contributed by atoms with van der Waals surface area (Å²) >= 11 is 0. The number of carbonyl (C=O) groups is 1. The number of sulfone groups is 1. The van der Waals surface area contributed by atoms with Crippen LogP contribution in [0.1, 0.15) is 34.6 Å². The quantitative estimate of drug-likeness (QED) is 0.637. The molecule has 0 aliphatic rings. The van der Waals surface area contributed by atoms with Crippen LogP contribution in [0.4, 0.5) is 6.01 Å². The molecule has 0 aliphatic carbocycles. The predicted molar refractivity (Wildman–Crippen MR) is 109 cm³/mol. The first kappa shape index (κ1) is 20.7. The zero-order chi connectivity index (χ0) is 21.0. The summed E-state index contributed by atoms with van der Waals surface area (Å²) in [7, 11) is -3.54. The van der Waals surface area contributed by atoms with Gasteiger partial charge in [-0.05, 0) is 44.0 Å². The summed E-state index contributed by atoms with van der Waals surface area (Å²) in [6.45, 7) is 5.91. The van der Waals surface area contributed by atoms with Gasteiger partial charge < -0.3 is 4.42 Å². The van der Waals surface area contributed by atoms with E-state index in [1.165, 1.54) is 5.56 Å². The van der Waals surface area contributed by atoms with Gasteiger partial charge in [-0.1, -0.05) is 46.6 Å². The fourth-order valence-electron chi connectivity index (χ4n) is 2.85. The average Bonchev–Trinajstić information content (AvgIpc) is 3.10. The van der Waals surface area contributed by atoms with Crippen LogP contribution in [0.3, 0.4) is 0 Å². The van der Waals surface area contributed by atoms with E-state index in [1.807, 2.05) is 32.9 Å². The SMILES string of the molecule is Cc1ccc(S(=O)(=O)CCC(=O)Nc2nnc(Cc3ccc(C)cc3C)o2)cc1. The molecule has 0 fully saturated rings. The minimum Gasteiger partial charge on any atom is -0.407 e. The van der Waals surface area contributed by atoms with Gasteiger partial charge >= 0.3 is 6.01 Å². The van der Waals surface area contributed by atoms with Gasteiger partial charge in [0.2, 0.25) is 11.8 Å². The Labute approximate surface area is 170 Å². The van der Waals surface area contributed by atoms with Gasteiger partial charge in [0.15, 0.2) is 9.84 Å². The van der Waals surface area contributed by atoms with Crippen molar-refractivity contribution < 1.29 is 17.6 Å². The molecule has 0 saturated heterocycles. The normalized spacial score (nSPS) is 11.4. The van der Waals surface area contributed by atoms with Crippen molar-refractivity contribution in [2.24, 2.45) is 0 Å². The summed E-state index contributed by atoms with van der Waals surface area (Å²) in [5, 5.41) is 10.2. The Balaban J connectivity index is 1.56. The number of aromatic nitrogens is 2. The van der Waals surface area contributed by atoms with Crippen molar-refractivity contribution in [1.29, 1.82) is 0 Å². The summed E-state index contributed by atoms with van der Waals surface area (Å²) in [5.41, 5.74) is 4.32. The molecule has 1 N–H and O–H groups in total. The highest BCUT2D eigenvalue weighted by Gasteiger charge is 2.18. The second kappa shape index (κ2) is 8.57. The zero-order valence-electron chi connectivity index (χ0n) is 16.6. The van der Waals surface area contributed by atoms with Crippen molar-refractivity contribution in [1.82, 2.24) is 10.2 Å². The molecule has 8 heteroatoms. The van der Waals surface area contributed by atoms with Crippen LogP contribution in [-0.4, -0.2) is 30.3 Å². The van der Waals surface area contributed by atoms with Crippen LogP contribution >= 0.6 is 0 Å². The summed E-state index contributed by atoms with van der Waals surface area (Å²) in [5.74, 6) is -0.423. The maximum atomic E-state index is 12.3. The van der Waals surface area contributed by atoms with E-state index in [0.29, 0.717) is 12.3 Å². The van der Waals surface area contributed by atoms with Gasteiger partial charge in [0.1, 0.15) is 0 Å². The Hall–Kier alpha value is -3.00. The number of hydrogen-bond donors (Lipinski definition) is 1. The molecule has 3 rings (SSSR count). The molecule has 152 valence electrons. The molecule has 7 nitrogen and oxygen atoms in total. The third-order valence-corrected chi connectivity index (χ3v) is 6.26. The number of aryl methyl sites for hydroxylation is 3. The Morgan fingerprint density at radius 3 is 2.38 bits per heavy atom. The maximum Gasteiger partial charge on any atom is 0.322 e. The molecule has 0 radical (unpaired) electrons. The monoisotopic (exact) mass is 413 g/mol. The van der Waals surface area contributed by atoms with E-state index in [0.717, 1.165) is 16.7 Å². The highest BCUT2D eigenvalue weighted by atomic mass is 32.2. The van der Waals surface area contributed by atoms with Crippen molar-refractivity contribution >= 4 is 21.8 Å². The fraction of sp³-hybridized carbons (Fsp3) is 0.286. The first-order chi connectivity index (χ1) is 13.7. The molecule has 29 heavy (non-hydrogen) atoms. The number of carbonyl (C=O) groups excluding carboxylic acids is 1. The van der Waals surface area contributed by atoms with Gasteiger partial charge in [-0.15, -0.1) is 5.10 Å². The molecule has 1 heterocycles. The van der Waals surface area contributed by atoms with Gasteiger partial charge in [0.25, 0.3) is 0 Å². The van der Waals surface area contributed by atoms with Crippen LogP contribution in [0.25, 0.3) is 0 Å². The highest BCUT2D eigenvalue weighted by Crippen LogP contribution is 2.17. The smallest absolute Gasteiger partial charge is 0.322 e. The van der Waals surface area contributed by atoms with Crippen molar-refractivity contribution in [2.75, 3.05) is 11.1 Å². The van der Waals surface area contributed by atoms with Crippen LogP contribution in [0, 0.1) is 20.8 Å².